The Labute approximate surface area is 110 Å². The van der Waals surface area contributed by atoms with E-state index in [4.69, 9.17) is 4.74 Å². The average molecular weight is 301 g/mol. The molecule has 1 aromatic heterocycles. The molecule has 0 aromatic carbocycles. The molecule has 0 atom stereocenters. The van der Waals surface area contributed by atoms with Crippen LogP contribution in [0.1, 0.15) is 31.9 Å². The number of nitrogens with zero attached hydrogens (tertiary/aromatic N) is 1. The lowest BCUT2D eigenvalue weighted by atomic mass is 10.2. The fourth-order valence-corrected chi connectivity index (χ4v) is 1.60. The van der Waals surface area contributed by atoms with E-state index in [1.54, 1.807) is 6.20 Å². The number of halogens is 1. The molecule has 17 heavy (non-hydrogen) atoms. The van der Waals surface area contributed by atoms with Gasteiger partial charge in [-0.1, -0.05) is 0 Å². The van der Waals surface area contributed by atoms with Crippen LogP contribution >= 0.6 is 15.9 Å². The minimum absolute atomic E-state index is 0.491. The molecule has 0 aliphatic rings. The van der Waals surface area contributed by atoms with E-state index in [1.165, 1.54) is 0 Å². The first-order valence-corrected chi connectivity index (χ1v) is 6.11. The molecule has 0 aliphatic heterocycles. The zero-order valence-electron chi connectivity index (χ0n) is 10.7. The lowest BCUT2D eigenvalue weighted by Gasteiger charge is -2.20. The second-order valence-corrected chi connectivity index (χ2v) is 5.69. The summed E-state index contributed by atoms with van der Waals surface area (Å²) in [6.45, 7) is 9.32. The number of aromatic nitrogens is 1. The molecule has 0 fully saturated rings. The van der Waals surface area contributed by atoms with Gasteiger partial charge in [-0.25, -0.2) is 9.78 Å². The summed E-state index contributed by atoms with van der Waals surface area (Å²) in [6, 6.07) is 0. The lowest BCUT2D eigenvalue weighted by molar-refractivity contribution is 0.0635. The van der Waals surface area contributed by atoms with Gasteiger partial charge in [-0.15, -0.1) is 0 Å². The van der Waals surface area contributed by atoms with E-state index in [0.717, 1.165) is 15.6 Å². The van der Waals surface area contributed by atoms with Crippen molar-refractivity contribution >= 4 is 27.8 Å². The summed E-state index contributed by atoms with van der Waals surface area (Å²) in [6.07, 6.45) is 1.17. The van der Waals surface area contributed by atoms with Crippen molar-refractivity contribution in [2.24, 2.45) is 0 Å². The summed E-state index contributed by atoms with van der Waals surface area (Å²) < 4.78 is 6.09. The first-order chi connectivity index (χ1) is 7.70. The highest BCUT2D eigenvalue weighted by molar-refractivity contribution is 9.10. The van der Waals surface area contributed by atoms with Crippen molar-refractivity contribution in [2.75, 3.05) is 5.32 Å². The molecule has 1 rings (SSSR count). The van der Waals surface area contributed by atoms with Crippen molar-refractivity contribution in [1.29, 1.82) is 0 Å². The second kappa shape index (κ2) is 5.04. The molecule has 1 aromatic rings. The van der Waals surface area contributed by atoms with Gasteiger partial charge in [-0.2, -0.15) is 0 Å². The van der Waals surface area contributed by atoms with Crippen molar-refractivity contribution in [3.8, 4) is 0 Å². The third kappa shape index (κ3) is 4.00. The number of amides is 1. The van der Waals surface area contributed by atoms with Gasteiger partial charge in [-0.3, -0.25) is 5.32 Å². The molecule has 1 amide bonds. The van der Waals surface area contributed by atoms with Crippen molar-refractivity contribution in [3.63, 3.8) is 0 Å². The van der Waals surface area contributed by atoms with Crippen molar-refractivity contribution in [3.05, 3.63) is 21.8 Å². The summed E-state index contributed by atoms with van der Waals surface area (Å²) >= 11 is 3.39. The molecule has 0 spiro atoms. The summed E-state index contributed by atoms with van der Waals surface area (Å²) in [7, 11) is 0. The molecule has 1 N–H and O–H groups in total. The Morgan fingerprint density at radius 2 is 1.94 bits per heavy atom. The van der Waals surface area contributed by atoms with Crippen LogP contribution in [0.4, 0.5) is 10.6 Å². The largest absolute Gasteiger partial charge is 0.444 e. The minimum Gasteiger partial charge on any atom is -0.444 e. The highest BCUT2D eigenvalue weighted by Crippen LogP contribution is 2.23. The lowest BCUT2D eigenvalue weighted by Crippen LogP contribution is -2.27. The molecule has 5 heteroatoms. The summed E-state index contributed by atoms with van der Waals surface area (Å²) in [5.41, 5.74) is 1.46. The molecule has 0 saturated heterocycles. The third-order valence-corrected chi connectivity index (χ3v) is 3.00. The Morgan fingerprint density at radius 3 is 2.47 bits per heavy atom. The van der Waals surface area contributed by atoms with Crippen molar-refractivity contribution in [2.45, 2.75) is 40.2 Å². The number of hydrogen-bond donors (Lipinski definition) is 1. The van der Waals surface area contributed by atoms with Crippen LogP contribution in [0, 0.1) is 13.8 Å². The second-order valence-electron chi connectivity index (χ2n) is 4.83. The maximum atomic E-state index is 11.6. The Kier molecular flexibility index (Phi) is 4.14. The standard InChI is InChI=1S/C12H17BrN2O2/c1-7-8(2)10(14-6-9(7)13)15-11(16)17-12(3,4)5/h6H,1-5H3,(H,14,15,16). The minimum atomic E-state index is -0.512. The Balaban J connectivity index is 2.83. The normalized spacial score (nSPS) is 11.2. The smallest absolute Gasteiger partial charge is 0.413 e. The van der Waals surface area contributed by atoms with Gasteiger partial charge in [0, 0.05) is 10.7 Å². The predicted octanol–water partition coefficient (Wildman–Crippen LogP) is 3.81. The van der Waals surface area contributed by atoms with Gasteiger partial charge in [0.2, 0.25) is 0 Å². The van der Waals surface area contributed by atoms with Gasteiger partial charge >= 0.3 is 6.09 Å². The molecule has 4 nitrogen and oxygen atoms in total. The van der Waals surface area contributed by atoms with Crippen LogP contribution in [-0.2, 0) is 4.74 Å². The van der Waals surface area contributed by atoms with Crippen LogP contribution in [0.2, 0.25) is 0 Å². The average Bonchev–Trinajstić information content (AvgIpc) is 2.16. The van der Waals surface area contributed by atoms with Gasteiger partial charge in [0.1, 0.15) is 11.4 Å². The molecule has 0 bridgehead atoms. The Bertz CT molecular complexity index is 439. The topological polar surface area (TPSA) is 51.2 Å². The number of anilines is 1. The fourth-order valence-electron chi connectivity index (χ4n) is 1.20. The molecule has 0 saturated carbocycles. The van der Waals surface area contributed by atoms with Crippen LogP contribution in [0.15, 0.2) is 10.7 Å². The number of ether oxygens (including phenoxy) is 1. The van der Waals surface area contributed by atoms with E-state index >= 15 is 0 Å². The zero-order valence-corrected chi connectivity index (χ0v) is 12.3. The summed E-state index contributed by atoms with van der Waals surface area (Å²) in [4.78, 5) is 15.7. The van der Waals surface area contributed by atoms with Crippen molar-refractivity contribution < 1.29 is 9.53 Å². The van der Waals surface area contributed by atoms with Crippen LogP contribution in [-0.4, -0.2) is 16.7 Å². The first-order valence-electron chi connectivity index (χ1n) is 5.32. The van der Waals surface area contributed by atoms with E-state index in [2.05, 4.69) is 26.2 Å². The van der Waals surface area contributed by atoms with E-state index in [1.807, 2.05) is 34.6 Å². The maximum absolute atomic E-state index is 11.6. The summed E-state index contributed by atoms with van der Waals surface area (Å²) in [5, 5.41) is 2.64. The van der Waals surface area contributed by atoms with Crippen LogP contribution < -0.4 is 5.32 Å². The number of nitrogens with one attached hydrogen (secondary N) is 1. The van der Waals surface area contributed by atoms with Gasteiger partial charge in [-0.05, 0) is 61.7 Å². The van der Waals surface area contributed by atoms with Crippen LogP contribution in [0.25, 0.3) is 0 Å². The molecule has 0 unspecified atom stereocenters. The molecule has 1 heterocycles. The Morgan fingerprint density at radius 1 is 1.35 bits per heavy atom. The van der Waals surface area contributed by atoms with Gasteiger partial charge < -0.3 is 4.74 Å². The number of hydrogen-bond acceptors (Lipinski definition) is 3. The number of rotatable bonds is 1. The van der Waals surface area contributed by atoms with Crippen LogP contribution in [0.3, 0.4) is 0 Å². The maximum Gasteiger partial charge on any atom is 0.413 e. The van der Waals surface area contributed by atoms with E-state index in [0.29, 0.717) is 5.82 Å². The SMILES string of the molecule is Cc1c(Br)cnc(NC(=O)OC(C)(C)C)c1C. The van der Waals surface area contributed by atoms with E-state index in [-0.39, 0.29) is 0 Å². The monoisotopic (exact) mass is 300 g/mol. The van der Waals surface area contributed by atoms with Crippen molar-refractivity contribution in [1.82, 2.24) is 4.98 Å². The number of carbonyl (C=O) groups is 1. The van der Waals surface area contributed by atoms with E-state index < -0.39 is 11.7 Å². The highest BCUT2D eigenvalue weighted by Gasteiger charge is 2.17. The third-order valence-electron chi connectivity index (χ3n) is 2.20. The van der Waals surface area contributed by atoms with Gasteiger partial charge in [0.15, 0.2) is 0 Å². The quantitative estimate of drug-likeness (QED) is 0.858. The molecular formula is C12H17BrN2O2. The van der Waals surface area contributed by atoms with Crippen LogP contribution in [0.5, 0.6) is 0 Å². The fraction of sp³-hybridized carbons (Fsp3) is 0.500. The molecular weight excluding hydrogens is 284 g/mol. The molecule has 94 valence electrons. The highest BCUT2D eigenvalue weighted by atomic mass is 79.9. The predicted molar refractivity (Wildman–Crippen MR) is 71.3 cm³/mol. The molecule has 0 radical (unpaired) electrons. The van der Waals surface area contributed by atoms with E-state index in [9.17, 15) is 4.79 Å². The zero-order chi connectivity index (χ0) is 13.2. The number of carbonyl (C=O) groups excluding carboxylic acids is 1. The first kappa shape index (κ1) is 14.0. The van der Waals surface area contributed by atoms with Gasteiger partial charge in [0.25, 0.3) is 0 Å². The van der Waals surface area contributed by atoms with Gasteiger partial charge in [0.05, 0.1) is 0 Å². The summed E-state index contributed by atoms with van der Waals surface area (Å²) in [5.74, 6) is 0.528. The number of pyridine rings is 1. The molecule has 0 aliphatic carbocycles. The Hall–Kier alpha value is -1.10.